The minimum atomic E-state index is -1.07. The van der Waals surface area contributed by atoms with Crippen LogP contribution >= 0.6 is 0 Å². The Bertz CT molecular complexity index is 712. The van der Waals surface area contributed by atoms with E-state index in [1.807, 2.05) is 6.92 Å². The molecule has 0 aromatic heterocycles. The number of carboxylic acids is 1. The van der Waals surface area contributed by atoms with Gasteiger partial charge in [-0.1, -0.05) is 19.4 Å². The van der Waals surface area contributed by atoms with Crippen molar-refractivity contribution < 1.29 is 29.3 Å². The van der Waals surface area contributed by atoms with Crippen molar-refractivity contribution in [1.82, 2.24) is 9.80 Å². The number of carbonyl (C=O) groups excluding carboxylic acids is 2. The van der Waals surface area contributed by atoms with E-state index in [0.29, 0.717) is 38.8 Å². The summed E-state index contributed by atoms with van der Waals surface area (Å²) in [6.07, 6.45) is 5.99. The van der Waals surface area contributed by atoms with E-state index in [2.05, 4.69) is 13.5 Å². The van der Waals surface area contributed by atoms with Crippen LogP contribution in [0.25, 0.3) is 0 Å². The number of carbonyl (C=O) groups is 3. The first-order valence-corrected chi connectivity index (χ1v) is 11.6. The number of amides is 2. The van der Waals surface area contributed by atoms with Crippen LogP contribution in [0.15, 0.2) is 12.7 Å². The van der Waals surface area contributed by atoms with Gasteiger partial charge in [0.25, 0.3) is 0 Å². The molecule has 1 spiro atoms. The van der Waals surface area contributed by atoms with Gasteiger partial charge >= 0.3 is 5.97 Å². The molecule has 2 amide bonds. The van der Waals surface area contributed by atoms with Crippen molar-refractivity contribution >= 4 is 17.8 Å². The Balaban J connectivity index is 1.96. The van der Waals surface area contributed by atoms with E-state index in [0.717, 1.165) is 19.3 Å². The summed E-state index contributed by atoms with van der Waals surface area (Å²) < 4.78 is 6.23. The van der Waals surface area contributed by atoms with Crippen LogP contribution in [0.5, 0.6) is 0 Å². The minimum Gasteiger partial charge on any atom is -0.481 e. The lowest BCUT2D eigenvalue weighted by Gasteiger charge is -2.39. The fourth-order valence-corrected chi connectivity index (χ4v) is 5.88. The summed E-state index contributed by atoms with van der Waals surface area (Å²) in [6.45, 7) is 8.66. The average Bonchev–Trinajstić information content (AvgIpc) is 3.36. The van der Waals surface area contributed by atoms with Crippen LogP contribution < -0.4 is 0 Å². The standard InChI is InChI=1S/C23H36N2O6/c1-4-9-15(3)24(12-5-2)21(28)19-23-11-10-16(31-23)17(22(29)30)18(23)20(27)25(19)13-7-6-8-14-26/h5,15-19,26H,2,4,6-14H2,1,3H3,(H,29,30)/t15?,16-,17+,18+,19-,23+/m1/s1. The smallest absolute Gasteiger partial charge is 0.310 e. The molecule has 31 heavy (non-hydrogen) atoms. The van der Waals surface area contributed by atoms with Crippen molar-refractivity contribution in [2.24, 2.45) is 11.8 Å². The minimum absolute atomic E-state index is 0.0221. The van der Waals surface area contributed by atoms with Gasteiger partial charge in [-0.05, 0) is 45.4 Å². The fraction of sp³-hybridized carbons (Fsp3) is 0.783. The second kappa shape index (κ2) is 9.69. The van der Waals surface area contributed by atoms with Gasteiger partial charge in [-0.3, -0.25) is 14.4 Å². The van der Waals surface area contributed by atoms with Gasteiger partial charge in [0.2, 0.25) is 11.8 Å². The number of likely N-dealkylation sites (tertiary alicyclic amines) is 1. The van der Waals surface area contributed by atoms with Crippen molar-refractivity contribution in [2.75, 3.05) is 19.7 Å². The molecule has 8 heteroatoms. The molecule has 3 aliphatic rings. The fourth-order valence-electron chi connectivity index (χ4n) is 5.88. The Kier molecular flexibility index (Phi) is 7.42. The van der Waals surface area contributed by atoms with Gasteiger partial charge in [0, 0.05) is 25.7 Å². The molecule has 0 saturated carbocycles. The largest absolute Gasteiger partial charge is 0.481 e. The summed E-state index contributed by atoms with van der Waals surface area (Å²) in [5.74, 6) is -3.20. The quantitative estimate of drug-likeness (QED) is 0.357. The van der Waals surface area contributed by atoms with E-state index in [4.69, 9.17) is 9.84 Å². The highest BCUT2D eigenvalue weighted by Crippen LogP contribution is 2.58. The molecule has 174 valence electrons. The zero-order valence-corrected chi connectivity index (χ0v) is 18.7. The maximum Gasteiger partial charge on any atom is 0.310 e. The Hall–Kier alpha value is -1.93. The van der Waals surface area contributed by atoms with E-state index in [-0.39, 0.29) is 24.5 Å². The highest BCUT2D eigenvalue weighted by atomic mass is 16.5. The molecule has 3 saturated heterocycles. The number of aliphatic carboxylic acids is 1. The third-order valence-corrected chi connectivity index (χ3v) is 7.22. The maximum absolute atomic E-state index is 13.9. The highest BCUT2D eigenvalue weighted by Gasteiger charge is 2.74. The molecule has 0 aromatic carbocycles. The Labute approximate surface area is 184 Å². The van der Waals surface area contributed by atoms with Gasteiger partial charge in [-0.15, -0.1) is 6.58 Å². The van der Waals surface area contributed by atoms with E-state index in [1.165, 1.54) is 0 Å². The lowest BCUT2D eigenvalue weighted by atomic mass is 9.70. The summed E-state index contributed by atoms with van der Waals surface area (Å²) in [6, 6.07) is -0.834. The topological polar surface area (TPSA) is 107 Å². The molecule has 1 unspecified atom stereocenters. The van der Waals surface area contributed by atoms with Gasteiger partial charge in [0.1, 0.15) is 11.6 Å². The molecular formula is C23H36N2O6. The average molecular weight is 437 g/mol. The number of rotatable bonds is 12. The maximum atomic E-state index is 13.9. The van der Waals surface area contributed by atoms with Crippen LogP contribution in [0.4, 0.5) is 0 Å². The van der Waals surface area contributed by atoms with E-state index < -0.39 is 35.6 Å². The predicted octanol–water partition coefficient (Wildman–Crippen LogP) is 1.81. The van der Waals surface area contributed by atoms with Gasteiger partial charge < -0.3 is 24.7 Å². The zero-order valence-electron chi connectivity index (χ0n) is 18.7. The van der Waals surface area contributed by atoms with E-state index in [1.54, 1.807) is 15.9 Å². The van der Waals surface area contributed by atoms with Crippen LogP contribution in [0, 0.1) is 11.8 Å². The lowest BCUT2D eigenvalue weighted by molar-refractivity contribution is -0.151. The van der Waals surface area contributed by atoms with Gasteiger partial charge in [0.05, 0.1) is 17.9 Å². The monoisotopic (exact) mass is 436 g/mol. The van der Waals surface area contributed by atoms with Gasteiger partial charge in [0.15, 0.2) is 0 Å². The molecule has 3 heterocycles. The molecule has 2 N–H and O–H groups in total. The number of carboxylic acid groups (broad SMARTS) is 1. The number of unbranched alkanes of at least 4 members (excludes halogenated alkanes) is 2. The number of hydrogen-bond acceptors (Lipinski definition) is 5. The Morgan fingerprint density at radius 1 is 1.39 bits per heavy atom. The summed E-state index contributed by atoms with van der Waals surface area (Å²) >= 11 is 0. The second-order valence-corrected chi connectivity index (χ2v) is 9.13. The first kappa shape index (κ1) is 23.7. The van der Waals surface area contributed by atoms with Crippen molar-refractivity contribution in [1.29, 1.82) is 0 Å². The zero-order chi connectivity index (χ0) is 22.8. The third kappa shape index (κ3) is 4.00. The van der Waals surface area contributed by atoms with Gasteiger partial charge in [-0.2, -0.15) is 0 Å². The summed E-state index contributed by atoms with van der Waals surface area (Å²) in [5.41, 5.74) is -1.07. The number of hydrogen-bond donors (Lipinski definition) is 2. The van der Waals surface area contributed by atoms with Crippen LogP contribution in [-0.4, -0.2) is 81.3 Å². The normalized spacial score (nSPS) is 32.2. The Morgan fingerprint density at radius 2 is 2.13 bits per heavy atom. The van der Waals surface area contributed by atoms with Crippen molar-refractivity contribution in [3.63, 3.8) is 0 Å². The number of aliphatic hydroxyl groups excluding tert-OH is 1. The molecular weight excluding hydrogens is 400 g/mol. The molecule has 6 atom stereocenters. The number of ether oxygens (including phenoxy) is 1. The number of fused-ring (bicyclic) bond motifs is 1. The molecule has 3 fully saturated rings. The third-order valence-electron chi connectivity index (χ3n) is 7.22. The van der Waals surface area contributed by atoms with Crippen molar-refractivity contribution in [2.45, 2.75) is 82.6 Å². The van der Waals surface area contributed by atoms with Gasteiger partial charge in [-0.25, -0.2) is 0 Å². The molecule has 0 aromatic rings. The molecule has 0 radical (unpaired) electrons. The van der Waals surface area contributed by atoms with Crippen molar-refractivity contribution in [3.05, 3.63) is 12.7 Å². The molecule has 8 nitrogen and oxygen atoms in total. The second-order valence-electron chi connectivity index (χ2n) is 9.13. The number of nitrogens with zero attached hydrogens (tertiary/aromatic N) is 2. The van der Waals surface area contributed by atoms with Crippen molar-refractivity contribution in [3.8, 4) is 0 Å². The molecule has 2 bridgehead atoms. The van der Waals surface area contributed by atoms with Crippen LogP contribution in [0.1, 0.15) is 58.8 Å². The first-order chi connectivity index (χ1) is 14.8. The Morgan fingerprint density at radius 3 is 2.74 bits per heavy atom. The molecule has 3 rings (SSSR count). The lowest BCUT2D eigenvalue weighted by Crippen LogP contribution is -2.57. The summed E-state index contributed by atoms with van der Waals surface area (Å²) in [5, 5.41) is 18.9. The van der Waals surface area contributed by atoms with Crippen LogP contribution in [0.3, 0.4) is 0 Å². The van der Waals surface area contributed by atoms with E-state index in [9.17, 15) is 19.5 Å². The first-order valence-electron chi connectivity index (χ1n) is 11.6. The summed E-state index contributed by atoms with van der Waals surface area (Å²) in [7, 11) is 0. The number of aliphatic hydroxyl groups is 1. The predicted molar refractivity (Wildman–Crippen MR) is 114 cm³/mol. The van der Waals surface area contributed by atoms with E-state index >= 15 is 0 Å². The molecule has 3 aliphatic heterocycles. The SMILES string of the molecule is C=CCN(C(=O)[C@H]1N(CCCCCO)C(=O)[C@@H]2[C@@H](C(=O)O)[C@H]3CC[C@]21O3)C(C)CCC. The van der Waals surface area contributed by atoms with Crippen LogP contribution in [-0.2, 0) is 19.1 Å². The van der Waals surface area contributed by atoms with Crippen LogP contribution in [0.2, 0.25) is 0 Å². The highest BCUT2D eigenvalue weighted by molar-refractivity contribution is 5.98. The summed E-state index contributed by atoms with van der Waals surface area (Å²) in [4.78, 5) is 42.7. The molecule has 0 aliphatic carbocycles.